The Morgan fingerprint density at radius 3 is 2.04 bits per heavy atom. The zero-order valence-electron chi connectivity index (χ0n) is 18.9. The predicted octanol–water partition coefficient (Wildman–Crippen LogP) is 6.30. The van der Waals surface area contributed by atoms with E-state index in [0.717, 1.165) is 40.4 Å². The molecule has 156 valence electrons. The molecule has 1 aromatic rings. The van der Waals surface area contributed by atoms with E-state index in [0.29, 0.717) is 4.58 Å². The zero-order valence-corrected chi connectivity index (χ0v) is 20.6. The number of rotatable bonds is 7. The van der Waals surface area contributed by atoms with Crippen LogP contribution in [0, 0.1) is 27.7 Å². The van der Waals surface area contributed by atoms with Crippen molar-refractivity contribution in [1.29, 1.82) is 0 Å². The van der Waals surface area contributed by atoms with E-state index in [1.807, 2.05) is 30.6 Å². The first kappa shape index (κ1) is 23.2. The van der Waals surface area contributed by atoms with Crippen molar-refractivity contribution in [2.45, 2.75) is 72.4 Å². The second kappa shape index (κ2) is 9.62. The number of amides is 1. The molecule has 0 radical (unpaired) electrons. The summed E-state index contributed by atoms with van der Waals surface area (Å²) in [6, 6.07) is 0.216. The van der Waals surface area contributed by atoms with Crippen LogP contribution in [0.2, 0.25) is 0 Å². The van der Waals surface area contributed by atoms with E-state index in [4.69, 9.17) is 0 Å². The lowest BCUT2D eigenvalue weighted by Gasteiger charge is -2.33. The minimum atomic E-state index is 0.144. The number of nitrogens with zero attached hydrogens (tertiary/aromatic N) is 1. The second-order valence-corrected chi connectivity index (χ2v) is 10.7. The number of carbonyl (C=O) groups is 1. The van der Waals surface area contributed by atoms with Crippen LogP contribution in [0.4, 0.5) is 5.69 Å². The van der Waals surface area contributed by atoms with E-state index in [9.17, 15) is 4.79 Å². The van der Waals surface area contributed by atoms with Crippen LogP contribution < -0.4 is 5.32 Å². The van der Waals surface area contributed by atoms with Crippen LogP contribution in [0.15, 0.2) is 11.3 Å². The van der Waals surface area contributed by atoms with Gasteiger partial charge >= 0.3 is 0 Å². The Balaban J connectivity index is 2.59. The van der Waals surface area contributed by atoms with E-state index in [1.165, 1.54) is 22.3 Å². The summed E-state index contributed by atoms with van der Waals surface area (Å²) in [5.41, 5.74) is 9.03. The maximum Gasteiger partial charge on any atom is 0.260 e. The van der Waals surface area contributed by atoms with Gasteiger partial charge in [0.1, 0.15) is 0 Å². The summed E-state index contributed by atoms with van der Waals surface area (Å²) in [7, 11) is 1.92. The predicted molar refractivity (Wildman–Crippen MR) is 128 cm³/mol. The smallest absolute Gasteiger partial charge is 0.260 e. The van der Waals surface area contributed by atoms with Crippen LogP contribution in [0.25, 0.3) is 0 Å². The molecule has 28 heavy (non-hydrogen) atoms. The molecule has 0 saturated heterocycles. The summed E-state index contributed by atoms with van der Waals surface area (Å²) in [6.45, 7) is 17.2. The molecule has 1 aromatic carbocycles. The van der Waals surface area contributed by atoms with Crippen molar-refractivity contribution >= 4 is 35.1 Å². The van der Waals surface area contributed by atoms with Crippen LogP contribution in [-0.4, -0.2) is 40.0 Å². The van der Waals surface area contributed by atoms with Gasteiger partial charge in [0, 0.05) is 12.7 Å². The molecule has 0 aromatic heterocycles. The van der Waals surface area contributed by atoms with Gasteiger partial charge in [-0.25, -0.2) is 0 Å². The fourth-order valence-corrected chi connectivity index (χ4v) is 6.88. The second-order valence-electron chi connectivity index (χ2n) is 7.59. The first-order valence-corrected chi connectivity index (χ1v) is 12.3. The highest BCUT2D eigenvalue weighted by atomic mass is 32.2. The quantitative estimate of drug-likeness (QED) is 0.524. The Kier molecular flexibility index (Phi) is 7.97. The van der Waals surface area contributed by atoms with Gasteiger partial charge in [-0.2, -0.15) is 0 Å². The first-order chi connectivity index (χ1) is 13.2. The molecule has 1 aliphatic rings. The highest BCUT2D eigenvalue weighted by molar-refractivity contribution is 8.17. The zero-order chi connectivity index (χ0) is 21.2. The maximum absolute atomic E-state index is 14.0. The fraction of sp³-hybridized carbons (Fsp3) is 0.609. The van der Waals surface area contributed by atoms with Crippen molar-refractivity contribution in [3.05, 3.63) is 39.1 Å². The van der Waals surface area contributed by atoms with E-state index in [1.54, 1.807) is 0 Å². The molecule has 0 fully saturated rings. The molecule has 1 atom stereocenters. The third-order valence-corrected chi connectivity index (χ3v) is 8.94. The molecule has 1 amide bonds. The van der Waals surface area contributed by atoms with Gasteiger partial charge in [-0.05, 0) is 81.7 Å². The maximum atomic E-state index is 14.0. The molecule has 1 unspecified atom stereocenters. The van der Waals surface area contributed by atoms with Gasteiger partial charge in [0.05, 0.1) is 21.9 Å². The lowest BCUT2D eigenvalue weighted by atomic mass is 9.91. The molecular formula is C23H36N2OS2. The molecule has 0 spiro atoms. The number of nitrogens with one attached hydrogen (secondary N) is 1. The minimum Gasteiger partial charge on any atom is -0.387 e. The monoisotopic (exact) mass is 420 g/mol. The molecule has 0 aliphatic carbocycles. The third-order valence-electron chi connectivity index (χ3n) is 6.17. The standard InChI is InChI=1S/C23H36N2OS2/c1-10-27-23(28-11-2)19-12-13(3)18(8)25(19)22(26)20-16(6)14(4)15(5)17(7)21(20)24-9/h19,23-24H,10-12H2,1-9H3. The highest BCUT2D eigenvalue weighted by Crippen LogP contribution is 2.41. The molecule has 0 bridgehead atoms. The number of thioether (sulfide) groups is 2. The van der Waals surface area contributed by atoms with Gasteiger partial charge in [-0.15, -0.1) is 23.5 Å². The lowest BCUT2D eigenvalue weighted by molar-refractivity contribution is 0.0775. The van der Waals surface area contributed by atoms with E-state index in [2.05, 4.69) is 65.6 Å². The molecule has 5 heteroatoms. The number of allylic oxidation sites excluding steroid dienone is 1. The topological polar surface area (TPSA) is 32.3 Å². The minimum absolute atomic E-state index is 0.144. The highest BCUT2D eigenvalue weighted by Gasteiger charge is 2.39. The van der Waals surface area contributed by atoms with Gasteiger partial charge in [-0.3, -0.25) is 4.79 Å². The third kappa shape index (κ3) is 4.11. The number of hydrogen-bond donors (Lipinski definition) is 1. The SMILES string of the molecule is CCSC(SCC)C1CC(C)=C(C)N1C(=O)c1c(C)c(C)c(C)c(C)c1NC. The summed E-state index contributed by atoms with van der Waals surface area (Å²) in [6.07, 6.45) is 0.972. The Bertz CT molecular complexity index is 780. The Labute approximate surface area is 180 Å². The van der Waals surface area contributed by atoms with Crippen molar-refractivity contribution in [2.75, 3.05) is 23.9 Å². The molecule has 0 saturated carbocycles. The van der Waals surface area contributed by atoms with Gasteiger partial charge in [0.25, 0.3) is 5.91 Å². The number of benzene rings is 1. The Morgan fingerprint density at radius 1 is 1.00 bits per heavy atom. The summed E-state index contributed by atoms with van der Waals surface area (Å²) >= 11 is 3.94. The van der Waals surface area contributed by atoms with Crippen molar-refractivity contribution in [3.63, 3.8) is 0 Å². The summed E-state index contributed by atoms with van der Waals surface area (Å²) in [5, 5.41) is 3.32. The first-order valence-electron chi connectivity index (χ1n) is 10.2. The van der Waals surface area contributed by atoms with Crippen LogP contribution in [0.3, 0.4) is 0 Å². The van der Waals surface area contributed by atoms with Crippen LogP contribution >= 0.6 is 23.5 Å². The lowest BCUT2D eigenvalue weighted by Crippen LogP contribution is -2.41. The number of hydrogen-bond acceptors (Lipinski definition) is 4. The molecule has 1 heterocycles. The average Bonchev–Trinajstić information content (AvgIpc) is 2.96. The van der Waals surface area contributed by atoms with Gasteiger partial charge in [0.15, 0.2) is 0 Å². The average molecular weight is 421 g/mol. The van der Waals surface area contributed by atoms with Crippen molar-refractivity contribution in [3.8, 4) is 0 Å². The molecule has 2 rings (SSSR count). The normalized spacial score (nSPS) is 17.1. The molecule has 1 N–H and O–H groups in total. The van der Waals surface area contributed by atoms with Gasteiger partial charge in [-0.1, -0.05) is 19.4 Å². The van der Waals surface area contributed by atoms with Crippen molar-refractivity contribution in [2.24, 2.45) is 0 Å². The van der Waals surface area contributed by atoms with Crippen LogP contribution in [0.5, 0.6) is 0 Å². The van der Waals surface area contributed by atoms with Crippen molar-refractivity contribution in [1.82, 2.24) is 4.90 Å². The number of anilines is 1. The molecule has 3 nitrogen and oxygen atoms in total. The summed E-state index contributed by atoms with van der Waals surface area (Å²) in [5.74, 6) is 2.28. The van der Waals surface area contributed by atoms with E-state index < -0.39 is 0 Å². The fourth-order valence-electron chi connectivity index (χ4n) is 4.14. The molecule has 1 aliphatic heterocycles. The summed E-state index contributed by atoms with van der Waals surface area (Å²) < 4.78 is 0.400. The number of carbonyl (C=O) groups excluding carboxylic acids is 1. The van der Waals surface area contributed by atoms with Gasteiger partial charge in [0.2, 0.25) is 0 Å². The summed E-state index contributed by atoms with van der Waals surface area (Å²) in [4.78, 5) is 16.1. The van der Waals surface area contributed by atoms with Crippen molar-refractivity contribution < 1.29 is 4.79 Å². The van der Waals surface area contributed by atoms with Crippen LogP contribution in [-0.2, 0) is 0 Å². The van der Waals surface area contributed by atoms with Crippen LogP contribution in [0.1, 0.15) is 66.7 Å². The van der Waals surface area contributed by atoms with E-state index in [-0.39, 0.29) is 11.9 Å². The Morgan fingerprint density at radius 2 is 1.54 bits per heavy atom. The largest absolute Gasteiger partial charge is 0.387 e. The van der Waals surface area contributed by atoms with E-state index >= 15 is 0 Å². The Hall–Kier alpha value is -1.07. The van der Waals surface area contributed by atoms with Gasteiger partial charge < -0.3 is 10.2 Å². The molecular weight excluding hydrogens is 384 g/mol.